The summed E-state index contributed by atoms with van der Waals surface area (Å²) in [5.74, 6) is 0.220. The van der Waals surface area contributed by atoms with Crippen molar-refractivity contribution in [3.63, 3.8) is 0 Å². The SMILES string of the molecule is O=C(CCc1ccccc1O)NCc1ccccc1Sc1ccccc1. The van der Waals surface area contributed by atoms with E-state index in [1.807, 2.05) is 48.5 Å². The Bertz CT molecular complexity index is 865. The molecule has 3 aromatic carbocycles. The minimum absolute atomic E-state index is 0.0206. The molecule has 0 saturated carbocycles. The van der Waals surface area contributed by atoms with Crippen LogP contribution in [0.2, 0.25) is 0 Å². The maximum Gasteiger partial charge on any atom is 0.220 e. The van der Waals surface area contributed by atoms with Crippen LogP contribution in [0.25, 0.3) is 0 Å². The molecule has 0 bridgehead atoms. The van der Waals surface area contributed by atoms with E-state index in [0.29, 0.717) is 19.4 Å². The Morgan fingerprint density at radius 2 is 1.50 bits per heavy atom. The van der Waals surface area contributed by atoms with Crippen molar-refractivity contribution < 1.29 is 9.90 Å². The number of nitrogens with one attached hydrogen (secondary N) is 1. The van der Waals surface area contributed by atoms with Gasteiger partial charge >= 0.3 is 0 Å². The van der Waals surface area contributed by atoms with Crippen molar-refractivity contribution in [3.05, 3.63) is 90.0 Å². The quantitative estimate of drug-likeness (QED) is 0.634. The number of phenolic OH excluding ortho intramolecular Hbond substituents is 1. The Morgan fingerprint density at radius 3 is 2.27 bits per heavy atom. The molecule has 0 heterocycles. The summed E-state index contributed by atoms with van der Waals surface area (Å²) in [6.45, 7) is 0.496. The van der Waals surface area contributed by atoms with Gasteiger partial charge in [-0.1, -0.05) is 66.4 Å². The molecule has 0 aliphatic heterocycles. The van der Waals surface area contributed by atoms with Gasteiger partial charge in [-0.05, 0) is 41.8 Å². The minimum atomic E-state index is -0.0206. The lowest BCUT2D eigenvalue weighted by molar-refractivity contribution is -0.121. The van der Waals surface area contributed by atoms with Crippen LogP contribution in [0, 0.1) is 0 Å². The van der Waals surface area contributed by atoms with Crippen LogP contribution in [0.3, 0.4) is 0 Å². The standard InChI is InChI=1S/C22H21NO2S/c24-20-12-6-4-8-17(20)14-15-22(25)23-16-18-9-5-7-13-21(18)26-19-10-2-1-3-11-19/h1-13,24H,14-16H2,(H,23,25). The largest absolute Gasteiger partial charge is 0.508 e. The molecule has 26 heavy (non-hydrogen) atoms. The molecule has 0 saturated heterocycles. The van der Waals surface area contributed by atoms with Crippen LogP contribution < -0.4 is 5.32 Å². The predicted octanol–water partition coefficient (Wildman–Crippen LogP) is 4.79. The van der Waals surface area contributed by atoms with Crippen LogP contribution in [-0.2, 0) is 17.8 Å². The van der Waals surface area contributed by atoms with Crippen molar-refractivity contribution in [1.29, 1.82) is 0 Å². The molecule has 4 heteroatoms. The lowest BCUT2D eigenvalue weighted by Gasteiger charge is -2.11. The van der Waals surface area contributed by atoms with Gasteiger partial charge in [-0.3, -0.25) is 4.79 Å². The Labute approximate surface area is 158 Å². The Hall–Kier alpha value is -2.72. The highest BCUT2D eigenvalue weighted by atomic mass is 32.2. The summed E-state index contributed by atoms with van der Waals surface area (Å²) >= 11 is 1.69. The summed E-state index contributed by atoms with van der Waals surface area (Å²) in [6.07, 6.45) is 0.879. The fourth-order valence-corrected chi connectivity index (χ4v) is 3.58. The van der Waals surface area contributed by atoms with Gasteiger partial charge in [0, 0.05) is 22.8 Å². The second kappa shape index (κ2) is 9.11. The van der Waals surface area contributed by atoms with Gasteiger partial charge in [0.15, 0.2) is 0 Å². The Kier molecular flexibility index (Phi) is 6.34. The van der Waals surface area contributed by atoms with Crippen LogP contribution in [0.1, 0.15) is 17.5 Å². The predicted molar refractivity (Wildman–Crippen MR) is 105 cm³/mol. The van der Waals surface area contributed by atoms with Crippen molar-refractivity contribution in [2.24, 2.45) is 0 Å². The molecule has 0 radical (unpaired) electrons. The molecule has 0 atom stereocenters. The molecule has 0 fully saturated rings. The van der Waals surface area contributed by atoms with Gasteiger partial charge in [0.05, 0.1) is 0 Å². The minimum Gasteiger partial charge on any atom is -0.508 e. The smallest absolute Gasteiger partial charge is 0.220 e. The molecule has 0 unspecified atom stereocenters. The molecule has 3 rings (SSSR count). The average molecular weight is 363 g/mol. The summed E-state index contributed by atoms with van der Waals surface area (Å²) in [5.41, 5.74) is 1.89. The highest BCUT2D eigenvalue weighted by Crippen LogP contribution is 2.30. The molecule has 1 amide bonds. The van der Waals surface area contributed by atoms with E-state index in [9.17, 15) is 9.90 Å². The third-order valence-electron chi connectivity index (χ3n) is 4.03. The molecular weight excluding hydrogens is 342 g/mol. The highest BCUT2D eigenvalue weighted by molar-refractivity contribution is 7.99. The van der Waals surface area contributed by atoms with Gasteiger partial charge in [0.2, 0.25) is 5.91 Å². The van der Waals surface area contributed by atoms with E-state index >= 15 is 0 Å². The van der Waals surface area contributed by atoms with E-state index in [2.05, 4.69) is 23.5 Å². The third kappa shape index (κ3) is 5.14. The van der Waals surface area contributed by atoms with E-state index in [-0.39, 0.29) is 11.7 Å². The van der Waals surface area contributed by atoms with Crippen molar-refractivity contribution in [2.45, 2.75) is 29.2 Å². The number of rotatable bonds is 7. The Balaban J connectivity index is 1.56. The van der Waals surface area contributed by atoms with E-state index < -0.39 is 0 Å². The van der Waals surface area contributed by atoms with Crippen molar-refractivity contribution in [3.8, 4) is 5.75 Å². The number of carbonyl (C=O) groups excluding carboxylic acids is 1. The van der Waals surface area contributed by atoms with Crippen LogP contribution in [0.15, 0.2) is 88.7 Å². The first kappa shape index (κ1) is 18.1. The van der Waals surface area contributed by atoms with Crippen LogP contribution in [-0.4, -0.2) is 11.0 Å². The summed E-state index contributed by atoms with van der Waals surface area (Å²) in [7, 11) is 0. The molecule has 2 N–H and O–H groups in total. The number of phenols is 1. The highest BCUT2D eigenvalue weighted by Gasteiger charge is 2.08. The summed E-state index contributed by atoms with van der Waals surface area (Å²) in [4.78, 5) is 14.5. The van der Waals surface area contributed by atoms with E-state index in [4.69, 9.17) is 0 Å². The second-order valence-electron chi connectivity index (χ2n) is 5.93. The number of carbonyl (C=O) groups is 1. The molecule has 0 aliphatic rings. The fourth-order valence-electron chi connectivity index (χ4n) is 2.62. The molecule has 0 aliphatic carbocycles. The normalized spacial score (nSPS) is 10.5. The van der Waals surface area contributed by atoms with Gasteiger partial charge in [0.25, 0.3) is 0 Å². The zero-order chi connectivity index (χ0) is 18.2. The zero-order valence-electron chi connectivity index (χ0n) is 14.4. The first-order valence-electron chi connectivity index (χ1n) is 8.57. The molecule has 0 aromatic heterocycles. The molecule has 132 valence electrons. The van der Waals surface area contributed by atoms with E-state index in [0.717, 1.165) is 16.0 Å². The summed E-state index contributed by atoms with van der Waals surface area (Å²) < 4.78 is 0. The maximum absolute atomic E-state index is 12.2. The number of hydrogen-bond donors (Lipinski definition) is 2. The van der Waals surface area contributed by atoms with Gasteiger partial charge in [0.1, 0.15) is 5.75 Å². The molecule has 3 aromatic rings. The lowest BCUT2D eigenvalue weighted by Crippen LogP contribution is -2.23. The number of aryl methyl sites for hydroxylation is 1. The van der Waals surface area contributed by atoms with Crippen LogP contribution in [0.4, 0.5) is 0 Å². The number of para-hydroxylation sites is 1. The second-order valence-corrected chi connectivity index (χ2v) is 7.04. The first-order valence-corrected chi connectivity index (χ1v) is 9.38. The zero-order valence-corrected chi connectivity index (χ0v) is 15.2. The molecular formula is C22H21NO2S. The monoisotopic (exact) mass is 363 g/mol. The molecule has 0 spiro atoms. The Morgan fingerprint density at radius 1 is 0.846 bits per heavy atom. The maximum atomic E-state index is 12.2. The number of aromatic hydroxyl groups is 1. The van der Waals surface area contributed by atoms with Crippen LogP contribution in [0.5, 0.6) is 5.75 Å². The summed E-state index contributed by atoms with van der Waals surface area (Å²) in [5, 5.41) is 12.8. The van der Waals surface area contributed by atoms with Crippen LogP contribution >= 0.6 is 11.8 Å². The number of benzene rings is 3. The number of amides is 1. The van der Waals surface area contributed by atoms with Gasteiger partial charge in [-0.2, -0.15) is 0 Å². The summed E-state index contributed by atoms with van der Waals surface area (Å²) in [6, 6.07) is 25.4. The molecule has 3 nitrogen and oxygen atoms in total. The third-order valence-corrected chi connectivity index (χ3v) is 5.16. The van der Waals surface area contributed by atoms with Crippen molar-refractivity contribution >= 4 is 17.7 Å². The topological polar surface area (TPSA) is 49.3 Å². The van der Waals surface area contributed by atoms with E-state index in [1.165, 1.54) is 4.90 Å². The average Bonchev–Trinajstić information content (AvgIpc) is 2.67. The van der Waals surface area contributed by atoms with Gasteiger partial charge < -0.3 is 10.4 Å². The lowest BCUT2D eigenvalue weighted by atomic mass is 10.1. The first-order chi connectivity index (χ1) is 12.7. The fraction of sp³-hybridized carbons (Fsp3) is 0.136. The van der Waals surface area contributed by atoms with Gasteiger partial charge in [-0.15, -0.1) is 0 Å². The van der Waals surface area contributed by atoms with E-state index in [1.54, 1.807) is 23.9 Å². The number of hydrogen-bond acceptors (Lipinski definition) is 3. The van der Waals surface area contributed by atoms with Crippen molar-refractivity contribution in [1.82, 2.24) is 5.32 Å². The van der Waals surface area contributed by atoms with Crippen molar-refractivity contribution in [2.75, 3.05) is 0 Å². The van der Waals surface area contributed by atoms with Gasteiger partial charge in [-0.25, -0.2) is 0 Å².